The van der Waals surface area contributed by atoms with Gasteiger partial charge in [-0.1, -0.05) is 35.9 Å². The molecule has 0 aliphatic carbocycles. The van der Waals surface area contributed by atoms with Crippen molar-refractivity contribution in [2.45, 2.75) is 13.5 Å². The van der Waals surface area contributed by atoms with Gasteiger partial charge in [-0.3, -0.25) is 19.8 Å². The van der Waals surface area contributed by atoms with Crippen molar-refractivity contribution in [2.24, 2.45) is 0 Å². The number of hydrogen-bond donors (Lipinski definition) is 2. The van der Waals surface area contributed by atoms with Crippen molar-refractivity contribution < 1.29 is 14.4 Å². The summed E-state index contributed by atoms with van der Waals surface area (Å²) in [7, 11) is 0. The molecule has 2 N–H and O–H groups in total. The summed E-state index contributed by atoms with van der Waals surface area (Å²) in [5.41, 5.74) is 2.94. The second-order valence-electron chi connectivity index (χ2n) is 6.72. The number of halogens is 1. The highest BCUT2D eigenvalue weighted by Crippen LogP contribution is 2.31. The topological polar surface area (TPSA) is 91.4 Å². The van der Waals surface area contributed by atoms with E-state index in [1.54, 1.807) is 36.4 Å². The smallest absolute Gasteiger partial charge is 0.324 e. The average molecular weight is 441 g/mol. The number of amides is 4. The molecule has 1 aliphatic rings. The van der Waals surface area contributed by atoms with Crippen LogP contribution in [0.3, 0.4) is 0 Å². The number of carbonyl (C=O) groups excluding carboxylic acids is 3. The molecule has 152 valence electrons. The van der Waals surface area contributed by atoms with Crippen molar-refractivity contribution in [3.63, 3.8) is 0 Å². The molecule has 1 aromatic heterocycles. The van der Waals surface area contributed by atoms with Gasteiger partial charge in [0.25, 0.3) is 5.91 Å². The van der Waals surface area contributed by atoms with Gasteiger partial charge in [-0.2, -0.15) is 0 Å². The van der Waals surface area contributed by atoms with Crippen molar-refractivity contribution in [1.82, 2.24) is 15.2 Å². The molecule has 1 fully saturated rings. The standard InChI is InChI=1S/C21H17ClN4O3S/c1-12-18(14-6-8-16(22)9-7-14)24-20(30-12)25-19(28)15-4-2-13(3-5-15)11-26-17(27)10-23-21(26)29/h2-9H,10-11H2,1H3,(H,23,29)(H,24,25,28). The van der Waals surface area contributed by atoms with E-state index in [1.165, 1.54) is 11.3 Å². The second-order valence-corrected chi connectivity index (χ2v) is 8.36. The van der Waals surface area contributed by atoms with Gasteiger partial charge in [-0.05, 0) is 36.8 Å². The lowest BCUT2D eigenvalue weighted by molar-refractivity contribution is -0.125. The molecule has 0 atom stereocenters. The van der Waals surface area contributed by atoms with E-state index >= 15 is 0 Å². The Morgan fingerprint density at radius 3 is 2.50 bits per heavy atom. The van der Waals surface area contributed by atoms with Gasteiger partial charge in [-0.15, -0.1) is 11.3 Å². The Hall–Kier alpha value is -3.23. The van der Waals surface area contributed by atoms with Crippen molar-refractivity contribution >= 4 is 45.9 Å². The lowest BCUT2D eigenvalue weighted by Crippen LogP contribution is -2.30. The van der Waals surface area contributed by atoms with E-state index in [4.69, 9.17) is 11.6 Å². The third-order valence-electron chi connectivity index (χ3n) is 4.63. The van der Waals surface area contributed by atoms with Crippen LogP contribution in [0.2, 0.25) is 5.02 Å². The molecule has 0 bridgehead atoms. The SMILES string of the molecule is Cc1sc(NC(=O)c2ccc(CN3C(=O)CNC3=O)cc2)nc1-c1ccc(Cl)cc1. The quantitative estimate of drug-likeness (QED) is 0.585. The summed E-state index contributed by atoms with van der Waals surface area (Å²) >= 11 is 7.34. The van der Waals surface area contributed by atoms with E-state index < -0.39 is 6.03 Å². The number of thiazole rings is 1. The van der Waals surface area contributed by atoms with Gasteiger partial charge in [0.2, 0.25) is 5.91 Å². The Morgan fingerprint density at radius 1 is 1.17 bits per heavy atom. The van der Waals surface area contributed by atoms with Crippen LogP contribution in [0.4, 0.5) is 9.93 Å². The third kappa shape index (κ3) is 4.19. The molecule has 30 heavy (non-hydrogen) atoms. The molecule has 4 amide bonds. The third-order valence-corrected chi connectivity index (χ3v) is 5.77. The van der Waals surface area contributed by atoms with Crippen LogP contribution in [-0.2, 0) is 11.3 Å². The number of anilines is 1. The molecule has 0 radical (unpaired) electrons. The summed E-state index contributed by atoms with van der Waals surface area (Å²) in [5.74, 6) is -0.551. The lowest BCUT2D eigenvalue weighted by Gasteiger charge is -2.12. The van der Waals surface area contributed by atoms with Crippen molar-refractivity contribution in [1.29, 1.82) is 0 Å². The fourth-order valence-electron chi connectivity index (χ4n) is 3.05. The van der Waals surface area contributed by atoms with Crippen LogP contribution >= 0.6 is 22.9 Å². The number of nitrogens with zero attached hydrogens (tertiary/aromatic N) is 2. The largest absolute Gasteiger partial charge is 0.329 e. The molecule has 7 nitrogen and oxygen atoms in total. The van der Waals surface area contributed by atoms with Crippen LogP contribution in [0.15, 0.2) is 48.5 Å². The monoisotopic (exact) mass is 440 g/mol. The highest BCUT2D eigenvalue weighted by molar-refractivity contribution is 7.16. The fraction of sp³-hybridized carbons (Fsp3) is 0.143. The van der Waals surface area contributed by atoms with E-state index in [9.17, 15) is 14.4 Å². The first-order valence-corrected chi connectivity index (χ1v) is 10.3. The van der Waals surface area contributed by atoms with Gasteiger partial charge >= 0.3 is 6.03 Å². The van der Waals surface area contributed by atoms with E-state index in [0.29, 0.717) is 15.7 Å². The summed E-state index contributed by atoms with van der Waals surface area (Å²) < 4.78 is 0. The summed E-state index contributed by atoms with van der Waals surface area (Å²) in [6, 6.07) is 13.7. The van der Waals surface area contributed by atoms with E-state index in [1.807, 2.05) is 19.1 Å². The summed E-state index contributed by atoms with van der Waals surface area (Å²) in [6.07, 6.45) is 0. The number of hydrogen-bond acceptors (Lipinski definition) is 5. The number of aromatic nitrogens is 1. The molecule has 4 rings (SSSR count). The van der Waals surface area contributed by atoms with Crippen LogP contribution in [-0.4, -0.2) is 34.3 Å². The molecule has 0 unspecified atom stereocenters. The fourth-order valence-corrected chi connectivity index (χ4v) is 4.01. The Morgan fingerprint density at radius 2 is 1.87 bits per heavy atom. The lowest BCUT2D eigenvalue weighted by atomic mass is 10.1. The zero-order valence-electron chi connectivity index (χ0n) is 15.9. The van der Waals surface area contributed by atoms with Crippen LogP contribution in [0.1, 0.15) is 20.8 Å². The van der Waals surface area contributed by atoms with Gasteiger partial charge in [0, 0.05) is 21.0 Å². The molecule has 0 spiro atoms. The normalized spacial score (nSPS) is 13.5. The van der Waals surface area contributed by atoms with Gasteiger partial charge in [0.15, 0.2) is 5.13 Å². The van der Waals surface area contributed by atoms with Crippen molar-refractivity contribution in [3.05, 3.63) is 69.6 Å². The molecule has 9 heteroatoms. The van der Waals surface area contributed by atoms with Gasteiger partial charge in [0.05, 0.1) is 18.8 Å². The first-order valence-electron chi connectivity index (χ1n) is 9.12. The van der Waals surface area contributed by atoms with Crippen LogP contribution in [0, 0.1) is 6.92 Å². The van der Waals surface area contributed by atoms with E-state index in [2.05, 4.69) is 15.6 Å². The van der Waals surface area contributed by atoms with Crippen LogP contribution in [0.5, 0.6) is 0 Å². The summed E-state index contributed by atoms with van der Waals surface area (Å²) in [5, 5.41) is 6.46. The Kier molecular flexibility index (Phi) is 5.52. The average Bonchev–Trinajstić information content (AvgIpc) is 3.25. The maximum absolute atomic E-state index is 12.6. The molecule has 2 heterocycles. The Labute approximate surface area is 181 Å². The Balaban J connectivity index is 1.44. The molecule has 1 aliphatic heterocycles. The number of aryl methyl sites for hydroxylation is 1. The number of carbonyl (C=O) groups is 3. The van der Waals surface area contributed by atoms with E-state index in [0.717, 1.165) is 26.6 Å². The molecule has 0 saturated carbocycles. The molecule has 2 aromatic carbocycles. The molecule has 3 aromatic rings. The highest BCUT2D eigenvalue weighted by atomic mass is 35.5. The Bertz CT molecular complexity index is 1110. The zero-order chi connectivity index (χ0) is 21.3. The number of rotatable bonds is 5. The first kappa shape index (κ1) is 20.1. The van der Waals surface area contributed by atoms with Gasteiger partial charge in [0.1, 0.15) is 0 Å². The number of nitrogens with one attached hydrogen (secondary N) is 2. The molecular formula is C21H17ClN4O3S. The van der Waals surface area contributed by atoms with Gasteiger partial charge < -0.3 is 5.32 Å². The highest BCUT2D eigenvalue weighted by Gasteiger charge is 2.28. The van der Waals surface area contributed by atoms with Crippen LogP contribution in [0.25, 0.3) is 11.3 Å². The van der Waals surface area contributed by atoms with Crippen molar-refractivity contribution in [3.8, 4) is 11.3 Å². The number of imide groups is 1. The van der Waals surface area contributed by atoms with E-state index in [-0.39, 0.29) is 24.9 Å². The van der Waals surface area contributed by atoms with Crippen LogP contribution < -0.4 is 10.6 Å². The maximum atomic E-state index is 12.6. The number of urea groups is 1. The minimum absolute atomic E-state index is 0.0184. The minimum Gasteiger partial charge on any atom is -0.329 e. The summed E-state index contributed by atoms with van der Waals surface area (Å²) in [4.78, 5) is 42.6. The number of benzene rings is 2. The molecular weight excluding hydrogens is 424 g/mol. The summed E-state index contributed by atoms with van der Waals surface area (Å²) in [6.45, 7) is 2.13. The molecule has 1 saturated heterocycles. The van der Waals surface area contributed by atoms with Gasteiger partial charge in [-0.25, -0.2) is 9.78 Å². The first-order chi connectivity index (χ1) is 14.4. The minimum atomic E-state index is -0.405. The zero-order valence-corrected chi connectivity index (χ0v) is 17.5. The predicted octanol–water partition coefficient (Wildman–Crippen LogP) is 4.08. The predicted molar refractivity (Wildman–Crippen MR) is 116 cm³/mol. The maximum Gasteiger partial charge on any atom is 0.324 e. The van der Waals surface area contributed by atoms with Crippen molar-refractivity contribution in [2.75, 3.05) is 11.9 Å². The second kappa shape index (κ2) is 8.25.